The SMILES string of the molecule is COc1ccc2cc1Oc1ccc(cc1)CC1c3cc(c(OC)cc3CC[N+]1(C)CCCCCCCCCCCCC(=O)[O-])Oc1c(OC(C)=O)c(OC)cc3c1C(C2)[N+](C)(CCCCCCCCCCCCC(=O)[O-])CC3. The molecule has 0 N–H and O–H groups in total. The summed E-state index contributed by atoms with van der Waals surface area (Å²) in [6.45, 7) is 5.29. The van der Waals surface area contributed by atoms with Crippen molar-refractivity contribution in [3.05, 3.63) is 94.0 Å². The number of methoxy groups -OCH3 is 3. The highest BCUT2D eigenvalue weighted by Crippen LogP contribution is 2.54. The van der Waals surface area contributed by atoms with Crippen LogP contribution >= 0.6 is 0 Å². The van der Waals surface area contributed by atoms with Gasteiger partial charge in [-0.2, -0.15) is 0 Å². The van der Waals surface area contributed by atoms with Gasteiger partial charge in [0.25, 0.3) is 0 Å². The molecule has 4 unspecified atom stereocenters. The van der Waals surface area contributed by atoms with Crippen molar-refractivity contribution in [3.63, 3.8) is 0 Å². The first kappa shape index (κ1) is 59.9. The van der Waals surface area contributed by atoms with E-state index in [1.165, 1.54) is 75.0 Å². The summed E-state index contributed by atoms with van der Waals surface area (Å²) in [6, 6.07) is 21.2. The minimum Gasteiger partial charge on any atom is -0.550 e. The van der Waals surface area contributed by atoms with Gasteiger partial charge in [0.05, 0.1) is 67.2 Å². The van der Waals surface area contributed by atoms with Crippen LogP contribution in [0.3, 0.4) is 0 Å². The van der Waals surface area contributed by atoms with Crippen LogP contribution in [0.1, 0.15) is 194 Å². The zero-order valence-corrected chi connectivity index (χ0v) is 48.0. The number of hydrogen-bond donors (Lipinski definition) is 0. The van der Waals surface area contributed by atoms with Crippen molar-refractivity contribution < 1.29 is 62.0 Å². The first-order chi connectivity index (χ1) is 37.7. The van der Waals surface area contributed by atoms with E-state index in [9.17, 15) is 24.6 Å². The number of carboxylic acids is 2. The third kappa shape index (κ3) is 16.4. The van der Waals surface area contributed by atoms with Crippen LogP contribution in [0.15, 0.2) is 60.7 Å². The van der Waals surface area contributed by atoms with Gasteiger partial charge in [0.15, 0.2) is 34.5 Å². The largest absolute Gasteiger partial charge is 0.550 e. The summed E-state index contributed by atoms with van der Waals surface area (Å²) < 4.78 is 40.3. The Morgan fingerprint density at radius 3 is 1.51 bits per heavy atom. The monoisotopic (exact) mass is 1070 g/mol. The fourth-order valence-corrected chi connectivity index (χ4v) is 12.6. The molecule has 78 heavy (non-hydrogen) atoms. The fraction of sp³-hybridized carbons (Fsp3) is 0.585. The first-order valence-electron chi connectivity index (χ1n) is 29.6. The third-order valence-corrected chi connectivity index (χ3v) is 17.2. The van der Waals surface area contributed by atoms with E-state index in [1.54, 1.807) is 21.3 Å². The third-order valence-electron chi connectivity index (χ3n) is 17.2. The number of carboxylic acid groups (broad SMARTS) is 2. The maximum atomic E-state index is 13.2. The molecule has 0 amide bonds. The maximum absolute atomic E-state index is 13.2. The van der Waals surface area contributed by atoms with Crippen molar-refractivity contribution in [2.75, 3.05) is 61.6 Å². The van der Waals surface area contributed by atoms with Crippen LogP contribution in [0.25, 0.3) is 0 Å². The van der Waals surface area contributed by atoms with Crippen molar-refractivity contribution in [2.24, 2.45) is 0 Å². The number of esters is 1. The number of rotatable bonds is 30. The average molecular weight is 1080 g/mol. The second-order valence-electron chi connectivity index (χ2n) is 23.0. The molecule has 0 aromatic heterocycles. The summed E-state index contributed by atoms with van der Waals surface area (Å²) in [7, 11) is 9.80. The Labute approximate surface area is 465 Å². The van der Waals surface area contributed by atoms with E-state index in [-0.39, 0.29) is 30.7 Å². The molecule has 6 bridgehead atoms. The highest BCUT2D eigenvalue weighted by Gasteiger charge is 2.45. The zero-order valence-electron chi connectivity index (χ0n) is 48.0. The number of carbonyl (C=O) groups is 3. The van der Waals surface area contributed by atoms with E-state index in [4.69, 9.17) is 28.4 Å². The topological polar surface area (TPSA) is 153 Å². The van der Waals surface area contributed by atoms with E-state index in [0.29, 0.717) is 53.8 Å². The van der Waals surface area contributed by atoms with Crippen molar-refractivity contribution in [3.8, 4) is 46.0 Å². The molecule has 13 nitrogen and oxygen atoms in total. The summed E-state index contributed by atoms with van der Waals surface area (Å²) in [5, 5.41) is 21.5. The van der Waals surface area contributed by atoms with E-state index in [0.717, 1.165) is 141 Å². The first-order valence-corrected chi connectivity index (χ1v) is 29.6. The van der Waals surface area contributed by atoms with Crippen LogP contribution in [0.5, 0.6) is 46.0 Å². The van der Waals surface area contributed by atoms with Crippen molar-refractivity contribution >= 4 is 17.9 Å². The standard InChI is InChI=1S/C65H90N2O11/c1-47(68)76-64-60(75-6)45-51-36-40-67(3,38-26-22-18-14-10-8-12-16-20-24-28-62(71)72)55-42-49-31-34-56(73-4)58(43-49)77-52-32-29-48(30-33-52)41-54-53-46-59(78-65(64)63(51)55)57(74-5)44-50(53)35-39-66(54,2)37-25-21-17-13-9-7-11-15-19-23-27-61(69)70/h29-34,43-46,54-55H,7-28,35-42H2,1-6H3. The molecule has 0 fully saturated rings. The minimum absolute atomic E-state index is 0.106. The summed E-state index contributed by atoms with van der Waals surface area (Å²) in [6.07, 6.45) is 25.1. The number of nitrogens with zero attached hydrogens (tertiary/aromatic N) is 2. The van der Waals surface area contributed by atoms with Gasteiger partial charge in [0.2, 0.25) is 5.75 Å². The molecule has 4 heterocycles. The molecule has 4 aliphatic rings. The highest BCUT2D eigenvalue weighted by atomic mass is 16.6. The van der Waals surface area contributed by atoms with Crippen molar-refractivity contribution in [1.82, 2.24) is 0 Å². The van der Waals surface area contributed by atoms with E-state index in [1.807, 2.05) is 12.1 Å². The molecular weight excluding hydrogens is 985 g/mol. The van der Waals surface area contributed by atoms with Crippen LogP contribution in [-0.4, -0.2) is 88.5 Å². The quantitative estimate of drug-likeness (QED) is 0.0212. The smallest absolute Gasteiger partial charge is 0.308 e. The lowest BCUT2D eigenvalue weighted by Gasteiger charge is -2.47. The zero-order chi connectivity index (χ0) is 55.5. The van der Waals surface area contributed by atoms with Crippen LogP contribution in [-0.2, 0) is 40.1 Å². The lowest BCUT2D eigenvalue weighted by molar-refractivity contribution is -0.941. The van der Waals surface area contributed by atoms with Gasteiger partial charge in [-0.1, -0.05) is 108 Å². The number of unbranched alkanes of at least 4 members (excludes halogenated alkanes) is 18. The molecule has 0 radical (unpaired) electrons. The van der Waals surface area contributed by atoms with Crippen molar-refractivity contribution in [2.45, 2.75) is 186 Å². The van der Waals surface area contributed by atoms with Crippen LogP contribution in [0.4, 0.5) is 0 Å². The molecule has 4 aliphatic heterocycles. The van der Waals surface area contributed by atoms with Gasteiger partial charge >= 0.3 is 5.97 Å². The number of fused-ring (bicyclic) bond motifs is 2. The second-order valence-corrected chi connectivity index (χ2v) is 23.0. The number of aliphatic carboxylic acids is 2. The van der Waals surface area contributed by atoms with E-state index in [2.05, 4.69) is 62.6 Å². The maximum Gasteiger partial charge on any atom is 0.308 e. The molecule has 13 heteroatoms. The van der Waals surface area contributed by atoms with Gasteiger partial charge in [-0.05, 0) is 116 Å². The second kappa shape index (κ2) is 29.4. The lowest BCUT2D eigenvalue weighted by Crippen LogP contribution is -2.52. The fourth-order valence-electron chi connectivity index (χ4n) is 12.6. The molecule has 8 rings (SSSR count). The molecule has 0 spiro atoms. The van der Waals surface area contributed by atoms with Gasteiger partial charge in [-0.25, -0.2) is 0 Å². The van der Waals surface area contributed by atoms with Crippen molar-refractivity contribution in [1.29, 1.82) is 0 Å². The Morgan fingerprint density at radius 2 is 0.987 bits per heavy atom. The number of carbonyl (C=O) groups excluding carboxylic acids is 3. The van der Waals surface area contributed by atoms with Gasteiger partial charge < -0.3 is 57.2 Å². The number of likely N-dealkylation sites (N-methyl/N-ethyl adjacent to an activating group) is 2. The van der Waals surface area contributed by atoms with Crippen LogP contribution in [0.2, 0.25) is 0 Å². The Bertz CT molecular complexity index is 2600. The van der Waals surface area contributed by atoms with Gasteiger partial charge in [-0.3, -0.25) is 4.79 Å². The molecule has 4 aromatic carbocycles. The molecule has 426 valence electrons. The minimum atomic E-state index is -0.957. The Hall–Kier alpha value is -5.79. The predicted octanol–water partition coefficient (Wildman–Crippen LogP) is 12.2. The van der Waals surface area contributed by atoms with E-state index >= 15 is 0 Å². The molecule has 4 atom stereocenters. The Morgan fingerprint density at radius 1 is 0.526 bits per heavy atom. The lowest BCUT2D eigenvalue weighted by atomic mass is 9.84. The normalized spacial score (nSPS) is 19.4. The molecular formula is C65H90N2O11. The molecule has 0 aliphatic carbocycles. The summed E-state index contributed by atoms with van der Waals surface area (Å²) in [5.74, 6) is 2.05. The number of quaternary nitrogens is 2. The van der Waals surface area contributed by atoms with Gasteiger partial charge in [-0.15, -0.1) is 0 Å². The average Bonchev–Trinajstić information content (AvgIpc) is 3.56. The Kier molecular flexibility index (Phi) is 22.6. The number of benzene rings is 4. The summed E-state index contributed by atoms with van der Waals surface area (Å²) in [5.41, 5.74) is 6.87. The van der Waals surface area contributed by atoms with E-state index < -0.39 is 17.9 Å². The van der Waals surface area contributed by atoms with Gasteiger partial charge in [0.1, 0.15) is 17.8 Å². The predicted molar refractivity (Wildman–Crippen MR) is 301 cm³/mol. The molecule has 0 saturated heterocycles. The number of ether oxygens (including phenoxy) is 6. The van der Waals surface area contributed by atoms with Gasteiger partial charge in [0, 0.05) is 50.1 Å². The number of hydrogen-bond acceptors (Lipinski definition) is 11. The molecule has 0 saturated carbocycles. The Balaban J connectivity index is 1.21. The summed E-state index contributed by atoms with van der Waals surface area (Å²) in [4.78, 5) is 34.8. The molecule has 4 aromatic rings. The summed E-state index contributed by atoms with van der Waals surface area (Å²) >= 11 is 0. The van der Waals surface area contributed by atoms with Crippen LogP contribution < -0.4 is 38.6 Å². The highest BCUT2D eigenvalue weighted by molar-refractivity contribution is 5.74. The van der Waals surface area contributed by atoms with Crippen LogP contribution in [0, 0.1) is 0 Å².